The van der Waals surface area contributed by atoms with Gasteiger partial charge >= 0.3 is 0 Å². The minimum absolute atomic E-state index is 0.000109. The molecule has 6 heteroatoms. The number of anilines is 1. The van der Waals surface area contributed by atoms with E-state index in [0.717, 1.165) is 18.8 Å². The van der Waals surface area contributed by atoms with E-state index in [2.05, 4.69) is 10.2 Å². The van der Waals surface area contributed by atoms with Gasteiger partial charge in [-0.1, -0.05) is 31.5 Å². The molecule has 1 heterocycles. The van der Waals surface area contributed by atoms with Gasteiger partial charge in [0, 0.05) is 54.6 Å². The molecule has 2 amide bonds. The van der Waals surface area contributed by atoms with E-state index < -0.39 is 0 Å². The first-order valence-electron chi connectivity index (χ1n) is 9.62. The van der Waals surface area contributed by atoms with Gasteiger partial charge in [0.1, 0.15) is 0 Å². The van der Waals surface area contributed by atoms with Gasteiger partial charge in [-0.25, -0.2) is 0 Å². The number of halogens is 1. The molecule has 28 heavy (non-hydrogen) atoms. The minimum Gasteiger partial charge on any atom is -0.368 e. The normalized spacial score (nSPS) is 14.3. The molecule has 0 bridgehead atoms. The summed E-state index contributed by atoms with van der Waals surface area (Å²) in [5, 5.41) is 3.60. The lowest BCUT2D eigenvalue weighted by Crippen LogP contribution is -2.48. The highest BCUT2D eigenvalue weighted by molar-refractivity contribution is 6.30. The second-order valence-corrected chi connectivity index (χ2v) is 7.88. The van der Waals surface area contributed by atoms with Crippen LogP contribution in [-0.4, -0.2) is 49.4 Å². The fourth-order valence-corrected chi connectivity index (χ4v) is 3.37. The average molecular weight is 400 g/mol. The molecule has 1 saturated heterocycles. The van der Waals surface area contributed by atoms with Crippen molar-refractivity contribution in [2.45, 2.75) is 13.8 Å². The molecule has 0 radical (unpaired) electrons. The van der Waals surface area contributed by atoms with Crippen LogP contribution in [0, 0.1) is 5.92 Å². The molecule has 1 aliphatic rings. The van der Waals surface area contributed by atoms with Gasteiger partial charge in [-0.05, 0) is 48.4 Å². The summed E-state index contributed by atoms with van der Waals surface area (Å²) in [6.07, 6.45) is 0. The summed E-state index contributed by atoms with van der Waals surface area (Å²) < 4.78 is 0. The highest BCUT2D eigenvalue weighted by Crippen LogP contribution is 2.21. The zero-order valence-electron chi connectivity index (χ0n) is 16.3. The molecule has 148 valence electrons. The largest absolute Gasteiger partial charge is 0.368 e. The maximum Gasteiger partial charge on any atom is 0.253 e. The van der Waals surface area contributed by atoms with Crippen molar-refractivity contribution < 1.29 is 9.59 Å². The van der Waals surface area contributed by atoms with E-state index in [1.165, 1.54) is 0 Å². The number of amides is 2. The Morgan fingerprint density at radius 2 is 1.64 bits per heavy atom. The van der Waals surface area contributed by atoms with Gasteiger partial charge in [-0.2, -0.15) is 0 Å². The van der Waals surface area contributed by atoms with Gasteiger partial charge in [-0.3, -0.25) is 9.59 Å². The van der Waals surface area contributed by atoms with Crippen molar-refractivity contribution in [1.29, 1.82) is 0 Å². The van der Waals surface area contributed by atoms with E-state index in [1.54, 1.807) is 24.3 Å². The van der Waals surface area contributed by atoms with E-state index >= 15 is 0 Å². The quantitative estimate of drug-likeness (QED) is 0.834. The van der Waals surface area contributed by atoms with Gasteiger partial charge in [0.05, 0.1) is 0 Å². The first kappa shape index (κ1) is 20.2. The molecule has 0 atom stereocenters. The summed E-state index contributed by atoms with van der Waals surface area (Å²) >= 11 is 6.07. The zero-order valence-corrected chi connectivity index (χ0v) is 17.1. The Morgan fingerprint density at radius 1 is 1.00 bits per heavy atom. The third-order valence-electron chi connectivity index (χ3n) is 4.81. The van der Waals surface area contributed by atoms with Gasteiger partial charge in [0.25, 0.3) is 11.8 Å². The van der Waals surface area contributed by atoms with Crippen molar-refractivity contribution in [2.75, 3.05) is 37.6 Å². The van der Waals surface area contributed by atoms with Gasteiger partial charge in [0.2, 0.25) is 0 Å². The Balaban J connectivity index is 1.57. The number of carbonyl (C=O) groups is 2. The lowest BCUT2D eigenvalue weighted by molar-refractivity contribution is 0.0746. The van der Waals surface area contributed by atoms with E-state index in [0.29, 0.717) is 41.7 Å². The Bertz CT molecular complexity index is 828. The standard InChI is InChI=1S/C22H26ClN3O2/c1-16(2)15-24-21(27)17-6-8-18(9-7-17)22(28)26-12-10-25(11-13-26)20-5-3-4-19(23)14-20/h3-9,14,16H,10-13,15H2,1-2H3,(H,24,27). The number of nitrogens with one attached hydrogen (secondary N) is 1. The van der Waals surface area contributed by atoms with Crippen LogP contribution in [0.15, 0.2) is 48.5 Å². The Morgan fingerprint density at radius 3 is 2.25 bits per heavy atom. The molecule has 0 saturated carbocycles. The van der Waals surface area contributed by atoms with Crippen molar-refractivity contribution in [2.24, 2.45) is 5.92 Å². The molecule has 1 fully saturated rings. The third kappa shape index (κ3) is 5.04. The van der Waals surface area contributed by atoms with E-state index in [-0.39, 0.29) is 11.8 Å². The molecule has 1 aliphatic heterocycles. The molecule has 3 rings (SSSR count). The molecule has 2 aromatic carbocycles. The first-order valence-corrected chi connectivity index (χ1v) is 10.00. The summed E-state index contributed by atoms with van der Waals surface area (Å²) in [6, 6.07) is 14.7. The second kappa shape index (κ2) is 9.11. The lowest BCUT2D eigenvalue weighted by atomic mass is 10.1. The van der Waals surface area contributed by atoms with Crippen molar-refractivity contribution in [1.82, 2.24) is 10.2 Å². The van der Waals surface area contributed by atoms with Gasteiger partial charge < -0.3 is 15.1 Å². The van der Waals surface area contributed by atoms with Crippen LogP contribution in [0.2, 0.25) is 5.02 Å². The Hall–Kier alpha value is -2.53. The number of benzene rings is 2. The number of nitrogens with zero attached hydrogens (tertiary/aromatic N) is 2. The molecule has 0 spiro atoms. The van der Waals surface area contributed by atoms with Crippen LogP contribution < -0.4 is 10.2 Å². The van der Waals surface area contributed by atoms with Crippen molar-refractivity contribution in [3.05, 3.63) is 64.7 Å². The van der Waals surface area contributed by atoms with Crippen LogP contribution in [0.5, 0.6) is 0 Å². The SMILES string of the molecule is CC(C)CNC(=O)c1ccc(C(=O)N2CCN(c3cccc(Cl)c3)CC2)cc1. The number of carbonyl (C=O) groups excluding carboxylic acids is 2. The number of hydrogen-bond donors (Lipinski definition) is 1. The molecular weight excluding hydrogens is 374 g/mol. The van der Waals surface area contributed by atoms with E-state index in [1.807, 2.05) is 43.0 Å². The highest BCUT2D eigenvalue weighted by Gasteiger charge is 2.22. The summed E-state index contributed by atoms with van der Waals surface area (Å²) in [7, 11) is 0. The van der Waals surface area contributed by atoms with Gasteiger partial charge in [0.15, 0.2) is 0 Å². The maximum absolute atomic E-state index is 12.8. The predicted molar refractivity (Wildman–Crippen MR) is 113 cm³/mol. The Kier molecular flexibility index (Phi) is 6.57. The third-order valence-corrected chi connectivity index (χ3v) is 5.04. The van der Waals surface area contributed by atoms with Crippen LogP contribution in [0.3, 0.4) is 0 Å². The number of piperazine rings is 1. The summed E-state index contributed by atoms with van der Waals surface area (Å²) in [4.78, 5) is 29.0. The molecular formula is C22H26ClN3O2. The van der Waals surface area contributed by atoms with Crippen LogP contribution in [0.1, 0.15) is 34.6 Å². The Labute approximate surface area is 171 Å². The average Bonchev–Trinajstić information content (AvgIpc) is 2.71. The second-order valence-electron chi connectivity index (χ2n) is 7.44. The fourth-order valence-electron chi connectivity index (χ4n) is 3.19. The maximum atomic E-state index is 12.8. The smallest absolute Gasteiger partial charge is 0.253 e. The van der Waals surface area contributed by atoms with Gasteiger partial charge in [-0.15, -0.1) is 0 Å². The van der Waals surface area contributed by atoms with Crippen LogP contribution >= 0.6 is 11.6 Å². The van der Waals surface area contributed by atoms with Crippen LogP contribution in [0.25, 0.3) is 0 Å². The van der Waals surface area contributed by atoms with Crippen molar-refractivity contribution in [3.63, 3.8) is 0 Å². The molecule has 1 N–H and O–H groups in total. The summed E-state index contributed by atoms with van der Waals surface area (Å²) in [5.41, 5.74) is 2.26. The number of hydrogen-bond acceptors (Lipinski definition) is 3. The molecule has 0 aromatic heterocycles. The fraction of sp³-hybridized carbons (Fsp3) is 0.364. The molecule has 5 nitrogen and oxygen atoms in total. The first-order chi connectivity index (χ1) is 13.4. The highest BCUT2D eigenvalue weighted by atomic mass is 35.5. The lowest BCUT2D eigenvalue weighted by Gasteiger charge is -2.36. The summed E-state index contributed by atoms with van der Waals surface area (Å²) in [5.74, 6) is 0.290. The molecule has 2 aromatic rings. The van der Waals surface area contributed by atoms with E-state index in [9.17, 15) is 9.59 Å². The van der Waals surface area contributed by atoms with Crippen molar-refractivity contribution in [3.8, 4) is 0 Å². The molecule has 0 unspecified atom stereocenters. The topological polar surface area (TPSA) is 52.7 Å². The van der Waals surface area contributed by atoms with Crippen LogP contribution in [0.4, 0.5) is 5.69 Å². The zero-order chi connectivity index (χ0) is 20.1. The van der Waals surface area contributed by atoms with Crippen LogP contribution in [-0.2, 0) is 0 Å². The predicted octanol–water partition coefficient (Wildman–Crippen LogP) is 3.69. The summed E-state index contributed by atoms with van der Waals surface area (Å²) in [6.45, 7) is 7.58. The molecule has 0 aliphatic carbocycles. The number of rotatable bonds is 5. The van der Waals surface area contributed by atoms with Crippen molar-refractivity contribution >= 4 is 29.1 Å². The minimum atomic E-state index is -0.108. The monoisotopic (exact) mass is 399 g/mol. The van der Waals surface area contributed by atoms with E-state index in [4.69, 9.17) is 11.6 Å².